The molecule has 112 valence electrons. The Labute approximate surface area is 130 Å². The van der Waals surface area contributed by atoms with Crippen molar-refractivity contribution in [1.29, 1.82) is 0 Å². The largest absolute Gasteiger partial charge is 0.375 e. The van der Waals surface area contributed by atoms with Gasteiger partial charge in [-0.15, -0.1) is 0 Å². The highest BCUT2D eigenvalue weighted by Gasteiger charge is 2.07. The lowest BCUT2D eigenvalue weighted by atomic mass is 10.1. The van der Waals surface area contributed by atoms with Crippen molar-refractivity contribution < 1.29 is 4.92 Å². The second-order valence-electron chi connectivity index (χ2n) is 4.73. The van der Waals surface area contributed by atoms with Crippen LogP contribution in [0, 0.1) is 10.1 Å². The van der Waals surface area contributed by atoms with E-state index in [-0.39, 0.29) is 0 Å². The first-order chi connectivity index (χ1) is 10.7. The van der Waals surface area contributed by atoms with Crippen molar-refractivity contribution in [2.45, 2.75) is 6.92 Å². The van der Waals surface area contributed by atoms with Crippen LogP contribution in [0.2, 0.25) is 0 Å². The van der Waals surface area contributed by atoms with E-state index in [2.05, 4.69) is 5.32 Å². The molecule has 2 rings (SSSR count). The highest BCUT2D eigenvalue weighted by molar-refractivity contribution is 5.70. The zero-order chi connectivity index (χ0) is 15.8. The molecule has 0 aliphatic rings. The van der Waals surface area contributed by atoms with Crippen molar-refractivity contribution in [1.82, 2.24) is 5.32 Å². The number of hydrogen-bond acceptors (Lipinski definition) is 3. The Balaban J connectivity index is 2.17. The average Bonchev–Trinajstić information content (AvgIpc) is 2.56. The van der Waals surface area contributed by atoms with Crippen molar-refractivity contribution in [2.75, 3.05) is 6.54 Å². The van der Waals surface area contributed by atoms with Gasteiger partial charge in [-0.3, -0.25) is 10.1 Å². The summed E-state index contributed by atoms with van der Waals surface area (Å²) in [4.78, 5) is 10.4. The molecule has 0 unspecified atom stereocenters. The van der Waals surface area contributed by atoms with Crippen LogP contribution in [-0.4, -0.2) is 11.5 Å². The number of allylic oxidation sites excluding steroid dienone is 1. The van der Waals surface area contributed by atoms with E-state index in [0.717, 1.165) is 22.9 Å². The molecule has 2 aromatic rings. The lowest BCUT2D eigenvalue weighted by Gasteiger charge is -2.12. The van der Waals surface area contributed by atoms with Gasteiger partial charge in [-0.05, 0) is 18.1 Å². The molecular formula is C18H18N2O2. The summed E-state index contributed by atoms with van der Waals surface area (Å²) < 4.78 is 0. The Morgan fingerprint density at radius 3 is 2.09 bits per heavy atom. The van der Waals surface area contributed by atoms with Crippen LogP contribution in [0.25, 0.3) is 11.3 Å². The molecule has 4 heteroatoms. The number of nitrogens with zero attached hydrogens (tertiary/aromatic N) is 1. The Bertz CT molecular complexity index is 677. The number of rotatable bonds is 6. The van der Waals surface area contributed by atoms with E-state index in [4.69, 9.17) is 0 Å². The van der Waals surface area contributed by atoms with Gasteiger partial charge in [0.25, 0.3) is 6.20 Å². The number of benzene rings is 2. The maximum atomic E-state index is 10.8. The van der Waals surface area contributed by atoms with Gasteiger partial charge in [0.2, 0.25) is 0 Å². The van der Waals surface area contributed by atoms with Gasteiger partial charge in [0.05, 0.1) is 4.92 Å². The van der Waals surface area contributed by atoms with Crippen LogP contribution in [-0.2, 0) is 0 Å². The summed E-state index contributed by atoms with van der Waals surface area (Å²) in [7, 11) is 0. The summed E-state index contributed by atoms with van der Waals surface area (Å²) >= 11 is 0. The molecular weight excluding hydrogens is 276 g/mol. The second-order valence-corrected chi connectivity index (χ2v) is 4.73. The van der Waals surface area contributed by atoms with Gasteiger partial charge in [0, 0.05) is 12.1 Å². The van der Waals surface area contributed by atoms with Crippen molar-refractivity contribution in [3.8, 4) is 0 Å². The van der Waals surface area contributed by atoms with Gasteiger partial charge in [-0.25, -0.2) is 0 Å². The molecule has 22 heavy (non-hydrogen) atoms. The fourth-order valence-corrected chi connectivity index (χ4v) is 2.16. The maximum absolute atomic E-state index is 10.8. The van der Waals surface area contributed by atoms with Crippen LogP contribution in [0.15, 0.2) is 72.9 Å². The molecule has 0 fully saturated rings. The van der Waals surface area contributed by atoms with Gasteiger partial charge in [-0.2, -0.15) is 0 Å². The SMILES string of the molecule is C/C=C(\CN/C(=C\[N+](=O)[O-])c1ccccc1)c1ccccc1. The van der Waals surface area contributed by atoms with E-state index in [0.29, 0.717) is 12.2 Å². The van der Waals surface area contributed by atoms with Crippen LogP contribution in [0.1, 0.15) is 18.1 Å². The molecule has 0 atom stereocenters. The lowest BCUT2D eigenvalue weighted by Crippen LogP contribution is -2.16. The van der Waals surface area contributed by atoms with E-state index in [9.17, 15) is 10.1 Å². The molecule has 1 N–H and O–H groups in total. The molecule has 0 spiro atoms. The summed E-state index contributed by atoms with van der Waals surface area (Å²) in [5.74, 6) is 0. The van der Waals surface area contributed by atoms with E-state index < -0.39 is 4.92 Å². The quantitative estimate of drug-likeness (QED) is 0.648. The van der Waals surface area contributed by atoms with Crippen LogP contribution >= 0.6 is 0 Å². The molecule has 0 amide bonds. The van der Waals surface area contributed by atoms with Gasteiger partial charge in [0.1, 0.15) is 5.70 Å². The highest BCUT2D eigenvalue weighted by atomic mass is 16.6. The molecule has 0 bridgehead atoms. The molecule has 0 aliphatic carbocycles. The topological polar surface area (TPSA) is 55.2 Å². The molecule has 0 radical (unpaired) electrons. The van der Waals surface area contributed by atoms with Gasteiger partial charge in [0.15, 0.2) is 0 Å². The van der Waals surface area contributed by atoms with E-state index >= 15 is 0 Å². The summed E-state index contributed by atoms with van der Waals surface area (Å²) in [6.45, 7) is 2.48. The minimum atomic E-state index is -0.437. The fraction of sp³-hybridized carbons (Fsp3) is 0.111. The van der Waals surface area contributed by atoms with Crippen molar-refractivity contribution in [2.24, 2.45) is 0 Å². The summed E-state index contributed by atoms with van der Waals surface area (Å²) in [5, 5.41) is 14.0. The zero-order valence-electron chi connectivity index (χ0n) is 12.4. The normalized spacial score (nSPS) is 12.0. The van der Waals surface area contributed by atoms with Crippen LogP contribution in [0.4, 0.5) is 0 Å². The fourth-order valence-electron chi connectivity index (χ4n) is 2.16. The Morgan fingerprint density at radius 2 is 1.59 bits per heavy atom. The smallest absolute Gasteiger partial charge is 0.258 e. The summed E-state index contributed by atoms with van der Waals surface area (Å²) in [6.07, 6.45) is 3.02. The molecule has 2 aromatic carbocycles. The molecule has 0 aromatic heterocycles. The van der Waals surface area contributed by atoms with Crippen LogP contribution in [0.5, 0.6) is 0 Å². The second kappa shape index (κ2) is 7.78. The summed E-state index contributed by atoms with van der Waals surface area (Å²) in [6, 6.07) is 19.3. The van der Waals surface area contributed by atoms with E-state index in [1.165, 1.54) is 0 Å². The predicted octanol–water partition coefficient (Wildman–Crippen LogP) is 3.95. The number of hydrogen-bond donors (Lipinski definition) is 1. The Hall–Kier alpha value is -2.88. The third-order valence-electron chi connectivity index (χ3n) is 3.28. The highest BCUT2D eigenvalue weighted by Crippen LogP contribution is 2.16. The minimum Gasteiger partial charge on any atom is -0.375 e. The maximum Gasteiger partial charge on any atom is 0.258 e. The molecule has 0 aliphatic heterocycles. The van der Waals surface area contributed by atoms with Crippen LogP contribution < -0.4 is 5.32 Å². The first-order valence-corrected chi connectivity index (χ1v) is 7.06. The first-order valence-electron chi connectivity index (χ1n) is 7.06. The summed E-state index contributed by atoms with van der Waals surface area (Å²) in [5.41, 5.74) is 3.49. The van der Waals surface area contributed by atoms with Gasteiger partial charge in [-0.1, -0.05) is 66.7 Å². The minimum absolute atomic E-state index is 0.437. The monoisotopic (exact) mass is 294 g/mol. The average molecular weight is 294 g/mol. The lowest BCUT2D eigenvalue weighted by molar-refractivity contribution is -0.401. The Kier molecular flexibility index (Phi) is 5.49. The van der Waals surface area contributed by atoms with Gasteiger partial charge < -0.3 is 5.32 Å². The van der Waals surface area contributed by atoms with Gasteiger partial charge >= 0.3 is 0 Å². The standard InChI is InChI=1S/C18H18N2O2/c1-2-15(16-9-5-3-6-10-16)13-19-18(14-20(21)22)17-11-7-4-8-12-17/h2-12,14,19H,13H2,1H3/b15-2+,18-14-. The predicted molar refractivity (Wildman–Crippen MR) is 89.5 cm³/mol. The molecule has 4 nitrogen and oxygen atoms in total. The van der Waals surface area contributed by atoms with E-state index in [1.807, 2.05) is 73.7 Å². The number of nitrogens with one attached hydrogen (secondary N) is 1. The number of nitro groups is 1. The molecule has 0 heterocycles. The Morgan fingerprint density at radius 1 is 1.05 bits per heavy atom. The third kappa shape index (κ3) is 4.31. The zero-order valence-corrected chi connectivity index (χ0v) is 12.4. The van der Waals surface area contributed by atoms with E-state index in [1.54, 1.807) is 0 Å². The molecule has 0 saturated heterocycles. The van der Waals surface area contributed by atoms with Crippen molar-refractivity contribution >= 4 is 11.3 Å². The first kappa shape index (κ1) is 15.5. The van der Waals surface area contributed by atoms with Crippen molar-refractivity contribution in [3.63, 3.8) is 0 Å². The molecule has 0 saturated carbocycles. The van der Waals surface area contributed by atoms with Crippen LogP contribution in [0.3, 0.4) is 0 Å². The van der Waals surface area contributed by atoms with Crippen molar-refractivity contribution in [3.05, 3.63) is 94.2 Å². The third-order valence-corrected chi connectivity index (χ3v) is 3.28.